The van der Waals surface area contributed by atoms with Crippen molar-refractivity contribution in [3.63, 3.8) is 0 Å². The van der Waals surface area contributed by atoms with Gasteiger partial charge in [-0.1, -0.05) is 30.3 Å². The summed E-state index contributed by atoms with van der Waals surface area (Å²) < 4.78 is 4.91. The number of carboxylic acids is 1. The van der Waals surface area contributed by atoms with E-state index in [0.717, 1.165) is 4.90 Å². The van der Waals surface area contributed by atoms with Gasteiger partial charge in [0.25, 0.3) is 0 Å². The molecule has 2 aliphatic heterocycles. The number of aliphatic carboxylic acids is 1. The number of hydrogen-bond acceptors (Lipinski definition) is 7. The van der Waals surface area contributed by atoms with Crippen molar-refractivity contribution < 1.29 is 33.8 Å². The van der Waals surface area contributed by atoms with E-state index in [1.165, 1.54) is 25.6 Å². The fourth-order valence-electron chi connectivity index (χ4n) is 3.65. The van der Waals surface area contributed by atoms with Gasteiger partial charge in [-0.15, -0.1) is 11.8 Å². The third-order valence-corrected chi connectivity index (χ3v) is 6.43. The summed E-state index contributed by atoms with van der Waals surface area (Å²) in [7, 11) is 0. The molecule has 0 aromatic heterocycles. The van der Waals surface area contributed by atoms with Crippen molar-refractivity contribution in [1.29, 1.82) is 0 Å². The summed E-state index contributed by atoms with van der Waals surface area (Å²) in [6.45, 7) is 2.32. The predicted molar refractivity (Wildman–Crippen MR) is 111 cm³/mol. The molecule has 0 spiro atoms. The molecule has 0 bridgehead atoms. The molecule has 2 N–H and O–H groups in total. The van der Waals surface area contributed by atoms with Gasteiger partial charge in [0.05, 0.1) is 11.3 Å². The van der Waals surface area contributed by atoms with Crippen LogP contribution in [0.25, 0.3) is 0 Å². The molecule has 3 rings (SSSR count). The quantitative estimate of drug-likeness (QED) is 0.451. The largest absolute Gasteiger partial charge is 0.477 e. The first-order valence-electron chi connectivity index (χ1n) is 9.58. The average molecular weight is 446 g/mol. The van der Waals surface area contributed by atoms with E-state index in [2.05, 4.69) is 5.32 Å². The molecule has 1 aromatic rings. The second-order valence-corrected chi connectivity index (χ2v) is 8.37. The number of Topliss-reactive ketones (excluding diaryl/α,β-unsaturated/α-hetero) is 1. The minimum absolute atomic E-state index is 0.126. The Labute approximate surface area is 182 Å². The van der Waals surface area contributed by atoms with Crippen LogP contribution >= 0.6 is 11.8 Å². The van der Waals surface area contributed by atoms with E-state index in [1.54, 1.807) is 30.3 Å². The second-order valence-electron chi connectivity index (χ2n) is 7.27. The van der Waals surface area contributed by atoms with Gasteiger partial charge in [0.1, 0.15) is 18.3 Å². The second kappa shape index (κ2) is 9.34. The minimum atomic E-state index is -1.29. The number of nitrogens with one attached hydrogen (secondary N) is 1. The molecular weight excluding hydrogens is 424 g/mol. The smallest absolute Gasteiger partial charge is 0.352 e. The SMILES string of the molecule is CC(=O)NC(C(=O)C[C@@H]1C(=O)N2C(C(=O)O)=C(COC(C)=O)CS[C@H]12)c1ccccc1. The van der Waals surface area contributed by atoms with Gasteiger partial charge in [-0.2, -0.15) is 0 Å². The molecule has 2 heterocycles. The maximum atomic E-state index is 13.0. The molecule has 1 fully saturated rings. The van der Waals surface area contributed by atoms with Gasteiger partial charge in [-0.25, -0.2) is 4.79 Å². The number of thioether (sulfide) groups is 1. The van der Waals surface area contributed by atoms with Crippen LogP contribution in [0, 0.1) is 5.92 Å². The van der Waals surface area contributed by atoms with Crippen LogP contribution in [0.4, 0.5) is 0 Å². The fraction of sp³-hybridized carbons (Fsp3) is 0.381. The summed E-state index contributed by atoms with van der Waals surface area (Å²) in [5, 5.41) is 11.7. The lowest BCUT2D eigenvalue weighted by Gasteiger charge is -2.49. The number of benzene rings is 1. The lowest BCUT2D eigenvalue weighted by molar-refractivity contribution is -0.154. The van der Waals surface area contributed by atoms with Crippen molar-refractivity contribution in [3.8, 4) is 0 Å². The molecule has 2 amide bonds. The zero-order chi connectivity index (χ0) is 22.7. The highest BCUT2D eigenvalue weighted by Gasteiger charge is 2.54. The highest BCUT2D eigenvalue weighted by atomic mass is 32.2. The summed E-state index contributed by atoms with van der Waals surface area (Å²) >= 11 is 1.32. The van der Waals surface area contributed by atoms with Crippen LogP contribution in [0.15, 0.2) is 41.6 Å². The van der Waals surface area contributed by atoms with Gasteiger partial charge in [-0.3, -0.25) is 24.1 Å². The number of esters is 1. The zero-order valence-electron chi connectivity index (χ0n) is 17.0. The Hall–Kier alpha value is -3.14. The lowest BCUT2D eigenvalue weighted by atomic mass is 9.87. The topological polar surface area (TPSA) is 130 Å². The number of hydrogen-bond donors (Lipinski definition) is 2. The third kappa shape index (κ3) is 4.79. The van der Waals surface area contributed by atoms with E-state index in [4.69, 9.17) is 4.74 Å². The molecule has 10 heteroatoms. The molecule has 1 aromatic carbocycles. The van der Waals surface area contributed by atoms with Crippen LogP contribution in [-0.4, -0.2) is 57.3 Å². The lowest BCUT2D eigenvalue weighted by Crippen LogP contribution is -2.62. The van der Waals surface area contributed by atoms with Crippen LogP contribution in [0.2, 0.25) is 0 Å². The van der Waals surface area contributed by atoms with Gasteiger partial charge in [-0.05, 0) is 5.56 Å². The Morgan fingerprint density at radius 3 is 2.48 bits per heavy atom. The van der Waals surface area contributed by atoms with E-state index in [0.29, 0.717) is 11.1 Å². The van der Waals surface area contributed by atoms with Crippen molar-refractivity contribution >= 4 is 41.3 Å². The van der Waals surface area contributed by atoms with Crippen LogP contribution in [0.1, 0.15) is 31.9 Å². The van der Waals surface area contributed by atoms with E-state index < -0.39 is 35.2 Å². The Bertz CT molecular complexity index is 960. The number of nitrogens with zero attached hydrogens (tertiary/aromatic N) is 1. The van der Waals surface area contributed by atoms with Gasteiger partial charge in [0.2, 0.25) is 11.8 Å². The summed E-state index contributed by atoms with van der Waals surface area (Å²) in [5.74, 6) is -3.44. The predicted octanol–water partition coefficient (Wildman–Crippen LogP) is 1.26. The van der Waals surface area contributed by atoms with Crippen molar-refractivity contribution in [2.75, 3.05) is 12.4 Å². The maximum Gasteiger partial charge on any atom is 0.352 e. The summed E-state index contributed by atoms with van der Waals surface area (Å²) in [4.78, 5) is 61.4. The number of carboxylic acid groups (broad SMARTS) is 1. The number of rotatable bonds is 8. The first-order chi connectivity index (χ1) is 14.7. The molecule has 1 saturated heterocycles. The van der Waals surface area contributed by atoms with Crippen LogP contribution in [-0.2, 0) is 28.7 Å². The number of amides is 2. The van der Waals surface area contributed by atoms with Crippen molar-refractivity contribution in [1.82, 2.24) is 10.2 Å². The molecule has 3 atom stereocenters. The number of β-lactam (4-membered cyclic amide) rings is 1. The molecule has 2 aliphatic rings. The van der Waals surface area contributed by atoms with E-state index >= 15 is 0 Å². The summed E-state index contributed by atoms with van der Waals surface area (Å²) in [5.41, 5.74) is 0.750. The number of carbonyl (C=O) groups excluding carboxylic acids is 4. The Balaban J connectivity index is 1.77. The molecule has 164 valence electrons. The Morgan fingerprint density at radius 1 is 1.23 bits per heavy atom. The average Bonchev–Trinajstić information content (AvgIpc) is 2.73. The number of fused-ring (bicyclic) bond motifs is 1. The molecular formula is C21H22N2O7S. The van der Waals surface area contributed by atoms with E-state index in [1.807, 2.05) is 0 Å². The first kappa shape index (κ1) is 22.5. The standard InChI is InChI=1S/C21H22N2O7S/c1-11(24)22-17(13-6-4-3-5-7-13)16(26)8-15-19(27)23-18(21(28)29)14(9-30-12(2)25)10-31-20(15)23/h3-7,15,17,20H,8-10H2,1-2H3,(H,22,24)(H,28,29)/t15-,17?,20-/m1/s1. The Kier molecular flexibility index (Phi) is 6.79. The summed E-state index contributed by atoms with van der Waals surface area (Å²) in [6.07, 6.45) is -0.126. The van der Waals surface area contributed by atoms with Crippen molar-refractivity contribution in [2.45, 2.75) is 31.7 Å². The van der Waals surface area contributed by atoms with E-state index in [9.17, 15) is 29.1 Å². The fourth-order valence-corrected chi connectivity index (χ4v) is 5.05. The van der Waals surface area contributed by atoms with Gasteiger partial charge in [0, 0.05) is 31.6 Å². The molecule has 9 nitrogen and oxygen atoms in total. The summed E-state index contributed by atoms with van der Waals surface area (Å²) in [6, 6.07) is 7.84. The first-order valence-corrected chi connectivity index (χ1v) is 10.6. The monoisotopic (exact) mass is 446 g/mol. The third-order valence-electron chi connectivity index (χ3n) is 5.03. The highest BCUT2D eigenvalue weighted by molar-refractivity contribution is 8.00. The number of ether oxygens (including phenoxy) is 1. The van der Waals surface area contributed by atoms with Crippen LogP contribution in [0.3, 0.4) is 0 Å². The molecule has 0 aliphatic carbocycles. The van der Waals surface area contributed by atoms with Crippen molar-refractivity contribution in [3.05, 3.63) is 47.2 Å². The number of carbonyl (C=O) groups is 5. The van der Waals surface area contributed by atoms with E-state index in [-0.39, 0.29) is 36.2 Å². The normalized spacial score (nSPS) is 21.0. The van der Waals surface area contributed by atoms with Crippen LogP contribution < -0.4 is 5.32 Å². The zero-order valence-corrected chi connectivity index (χ0v) is 17.8. The molecule has 31 heavy (non-hydrogen) atoms. The van der Waals surface area contributed by atoms with Crippen molar-refractivity contribution in [2.24, 2.45) is 5.92 Å². The van der Waals surface area contributed by atoms with Crippen LogP contribution in [0.5, 0.6) is 0 Å². The number of ketones is 1. The Morgan fingerprint density at radius 2 is 1.90 bits per heavy atom. The molecule has 0 saturated carbocycles. The molecule has 0 radical (unpaired) electrons. The van der Waals surface area contributed by atoms with Gasteiger partial charge in [0.15, 0.2) is 5.78 Å². The van der Waals surface area contributed by atoms with Gasteiger partial charge >= 0.3 is 11.9 Å². The highest BCUT2D eigenvalue weighted by Crippen LogP contribution is 2.45. The molecule has 1 unspecified atom stereocenters. The van der Waals surface area contributed by atoms with Gasteiger partial charge < -0.3 is 15.2 Å². The minimum Gasteiger partial charge on any atom is -0.477 e. The maximum absolute atomic E-state index is 13.0.